The maximum atomic E-state index is 13.2. The van der Waals surface area contributed by atoms with Crippen LogP contribution in [0.2, 0.25) is 5.02 Å². The lowest BCUT2D eigenvalue weighted by molar-refractivity contribution is -0.384. The van der Waals surface area contributed by atoms with Gasteiger partial charge in [-0.25, -0.2) is 4.39 Å². The van der Waals surface area contributed by atoms with Gasteiger partial charge in [0.15, 0.2) is 0 Å². The number of phenolic OH excluding ortho intramolecular Hbond substituents is 1. The van der Waals surface area contributed by atoms with Crippen LogP contribution in [0.15, 0.2) is 36.4 Å². The van der Waals surface area contributed by atoms with Gasteiger partial charge in [0.05, 0.1) is 11.0 Å². The van der Waals surface area contributed by atoms with Crippen LogP contribution in [0.1, 0.15) is 5.56 Å². The molecule has 2 rings (SSSR count). The number of nitrogens with zero attached hydrogens (tertiary/aromatic N) is 1. The zero-order valence-electron chi connectivity index (χ0n) is 10.1. The Labute approximate surface area is 118 Å². The molecule has 0 aliphatic carbocycles. The summed E-state index contributed by atoms with van der Waals surface area (Å²) in [7, 11) is 0. The van der Waals surface area contributed by atoms with Crippen molar-refractivity contribution in [1.29, 1.82) is 0 Å². The Balaban J connectivity index is 2.20. The molecule has 0 aliphatic rings. The summed E-state index contributed by atoms with van der Waals surface area (Å²) in [5.74, 6) is -0.675. The highest BCUT2D eigenvalue weighted by molar-refractivity contribution is 6.30. The third-order valence-corrected chi connectivity index (χ3v) is 2.80. The second kappa shape index (κ2) is 5.75. The van der Waals surface area contributed by atoms with Gasteiger partial charge in [-0.05, 0) is 35.9 Å². The third-order valence-electron chi connectivity index (χ3n) is 2.58. The molecule has 104 valence electrons. The lowest BCUT2D eigenvalue weighted by Gasteiger charge is -2.08. The lowest BCUT2D eigenvalue weighted by atomic mass is 10.2. The summed E-state index contributed by atoms with van der Waals surface area (Å²) in [4.78, 5) is 10.3. The Morgan fingerprint density at radius 1 is 1.30 bits per heavy atom. The van der Waals surface area contributed by atoms with E-state index >= 15 is 0 Å². The van der Waals surface area contributed by atoms with E-state index in [0.29, 0.717) is 5.56 Å². The highest BCUT2D eigenvalue weighted by Gasteiger charge is 2.14. The number of rotatable bonds is 4. The first kappa shape index (κ1) is 14.1. The molecule has 0 bridgehead atoms. The van der Waals surface area contributed by atoms with E-state index in [1.54, 1.807) is 6.07 Å². The maximum absolute atomic E-state index is 13.2. The number of aromatic hydroxyl groups is 1. The number of halogens is 2. The van der Waals surface area contributed by atoms with E-state index in [2.05, 4.69) is 5.32 Å². The van der Waals surface area contributed by atoms with E-state index in [1.165, 1.54) is 24.3 Å². The number of nitro groups is 1. The standard InChI is InChI=1S/C13H10ClFN2O3/c14-9-3-8(4-10(15)5-9)7-16-12-2-1-11(18)6-13(12)17(19)20/h1-6,16,18H,7H2. The van der Waals surface area contributed by atoms with Gasteiger partial charge in [-0.15, -0.1) is 0 Å². The Hall–Kier alpha value is -2.34. The van der Waals surface area contributed by atoms with E-state index in [-0.39, 0.29) is 28.7 Å². The highest BCUT2D eigenvalue weighted by Crippen LogP contribution is 2.28. The molecule has 0 aromatic heterocycles. The third kappa shape index (κ3) is 3.36. The minimum absolute atomic E-state index is 0.170. The lowest BCUT2D eigenvalue weighted by Crippen LogP contribution is -2.03. The summed E-state index contributed by atoms with van der Waals surface area (Å²) in [6, 6.07) is 7.77. The van der Waals surface area contributed by atoms with Crippen LogP contribution in [0.3, 0.4) is 0 Å². The Morgan fingerprint density at radius 3 is 2.70 bits per heavy atom. The van der Waals surface area contributed by atoms with Gasteiger partial charge < -0.3 is 10.4 Å². The molecule has 5 nitrogen and oxygen atoms in total. The Morgan fingerprint density at radius 2 is 2.05 bits per heavy atom. The molecule has 0 unspecified atom stereocenters. The minimum atomic E-state index is -0.611. The molecule has 0 aliphatic heterocycles. The van der Waals surface area contributed by atoms with Crippen molar-refractivity contribution < 1.29 is 14.4 Å². The molecule has 7 heteroatoms. The van der Waals surface area contributed by atoms with Crippen LogP contribution in [0.5, 0.6) is 5.75 Å². The van der Waals surface area contributed by atoms with Crippen LogP contribution in [0.25, 0.3) is 0 Å². The first-order chi connectivity index (χ1) is 9.45. The summed E-state index contributed by atoms with van der Waals surface area (Å²) in [6.45, 7) is 0.170. The topological polar surface area (TPSA) is 75.4 Å². The van der Waals surface area contributed by atoms with Crippen LogP contribution >= 0.6 is 11.6 Å². The van der Waals surface area contributed by atoms with Gasteiger partial charge in [-0.1, -0.05) is 11.6 Å². The summed E-state index contributed by atoms with van der Waals surface area (Å²) in [5.41, 5.74) is 0.526. The van der Waals surface area contributed by atoms with E-state index in [1.807, 2.05) is 0 Å². The second-order valence-corrected chi connectivity index (χ2v) is 4.53. The van der Waals surface area contributed by atoms with Crippen molar-refractivity contribution in [3.63, 3.8) is 0 Å². The number of benzene rings is 2. The summed E-state index contributed by atoms with van der Waals surface area (Å²) >= 11 is 5.73. The number of hydrogen-bond donors (Lipinski definition) is 2. The normalized spacial score (nSPS) is 10.3. The summed E-state index contributed by atoms with van der Waals surface area (Å²) < 4.78 is 13.2. The number of hydrogen-bond acceptors (Lipinski definition) is 4. The SMILES string of the molecule is O=[N+]([O-])c1cc(O)ccc1NCc1cc(F)cc(Cl)c1. The molecular formula is C13H10ClFN2O3. The number of phenols is 1. The van der Waals surface area contributed by atoms with Crippen molar-refractivity contribution >= 4 is 23.0 Å². The molecule has 20 heavy (non-hydrogen) atoms. The fourth-order valence-electron chi connectivity index (χ4n) is 1.73. The van der Waals surface area contributed by atoms with Crippen LogP contribution in [-0.2, 0) is 6.54 Å². The first-order valence-electron chi connectivity index (χ1n) is 5.62. The van der Waals surface area contributed by atoms with Crippen LogP contribution in [0, 0.1) is 15.9 Å². The van der Waals surface area contributed by atoms with Gasteiger partial charge in [0.2, 0.25) is 0 Å². The maximum Gasteiger partial charge on any atom is 0.296 e. The number of nitrogens with one attached hydrogen (secondary N) is 1. The van der Waals surface area contributed by atoms with Crippen LogP contribution in [-0.4, -0.2) is 10.0 Å². The minimum Gasteiger partial charge on any atom is -0.508 e. The molecule has 0 radical (unpaired) electrons. The van der Waals surface area contributed by atoms with Gasteiger partial charge in [0.25, 0.3) is 5.69 Å². The van der Waals surface area contributed by atoms with Crippen molar-refractivity contribution in [2.24, 2.45) is 0 Å². The second-order valence-electron chi connectivity index (χ2n) is 4.09. The van der Waals surface area contributed by atoms with Gasteiger partial charge in [0, 0.05) is 11.6 Å². The molecule has 2 N–H and O–H groups in total. The van der Waals surface area contributed by atoms with Gasteiger partial charge >= 0.3 is 0 Å². The average molecular weight is 297 g/mol. The number of anilines is 1. The van der Waals surface area contributed by atoms with Crippen molar-refractivity contribution in [3.05, 3.63) is 62.9 Å². The fourth-order valence-corrected chi connectivity index (χ4v) is 1.98. The Bertz CT molecular complexity index is 644. The molecule has 0 atom stereocenters. The molecule has 0 fully saturated rings. The quantitative estimate of drug-likeness (QED) is 0.512. The van der Waals surface area contributed by atoms with E-state index in [4.69, 9.17) is 11.6 Å². The predicted octanol–water partition coefficient (Wildman–Crippen LogP) is 3.71. The summed E-state index contributed by atoms with van der Waals surface area (Å²) in [6.07, 6.45) is 0. The highest BCUT2D eigenvalue weighted by atomic mass is 35.5. The van der Waals surface area contributed by atoms with Gasteiger partial charge in [0.1, 0.15) is 17.3 Å². The largest absolute Gasteiger partial charge is 0.508 e. The fraction of sp³-hybridized carbons (Fsp3) is 0.0769. The van der Waals surface area contributed by atoms with Crippen molar-refractivity contribution in [2.75, 3.05) is 5.32 Å². The van der Waals surface area contributed by atoms with E-state index in [0.717, 1.165) is 6.07 Å². The molecule has 0 amide bonds. The molecule has 2 aromatic carbocycles. The van der Waals surface area contributed by atoms with E-state index in [9.17, 15) is 19.6 Å². The summed E-state index contributed by atoms with van der Waals surface area (Å²) in [5, 5.41) is 23.2. The number of nitro benzene ring substituents is 1. The molecule has 0 saturated heterocycles. The smallest absolute Gasteiger partial charge is 0.296 e. The predicted molar refractivity (Wildman–Crippen MR) is 73.5 cm³/mol. The molecule has 2 aromatic rings. The van der Waals surface area contributed by atoms with Crippen molar-refractivity contribution in [3.8, 4) is 5.75 Å². The average Bonchev–Trinajstić information content (AvgIpc) is 2.36. The van der Waals surface area contributed by atoms with Crippen LogP contribution < -0.4 is 5.32 Å². The van der Waals surface area contributed by atoms with Gasteiger partial charge in [-0.2, -0.15) is 0 Å². The molecule has 0 spiro atoms. The zero-order chi connectivity index (χ0) is 14.7. The Kier molecular flexibility index (Phi) is 4.05. The zero-order valence-corrected chi connectivity index (χ0v) is 10.9. The van der Waals surface area contributed by atoms with E-state index < -0.39 is 10.7 Å². The molecule has 0 saturated carbocycles. The van der Waals surface area contributed by atoms with Crippen LogP contribution in [0.4, 0.5) is 15.8 Å². The first-order valence-corrected chi connectivity index (χ1v) is 6.00. The van der Waals surface area contributed by atoms with Crippen molar-refractivity contribution in [1.82, 2.24) is 0 Å². The monoisotopic (exact) mass is 296 g/mol. The van der Waals surface area contributed by atoms with Gasteiger partial charge in [-0.3, -0.25) is 10.1 Å². The molecular weight excluding hydrogens is 287 g/mol. The van der Waals surface area contributed by atoms with Crippen molar-refractivity contribution in [2.45, 2.75) is 6.54 Å². The molecule has 0 heterocycles.